The molecular formula is C10H21NO. The fourth-order valence-corrected chi connectivity index (χ4v) is 1.44. The first kappa shape index (κ1) is 11.5. The first-order valence-electron chi connectivity index (χ1n) is 4.75. The normalized spacial score (nSPS) is 15.4. The number of nitrogens with zero attached hydrogens (tertiary/aromatic N) is 1. The standard InChI is InChI=1S/C10H21NO/c1-6-8(3)9(7-2)10(12)11(4)5/h8-9H,6-7H2,1-5H3. The van der Waals surface area contributed by atoms with Crippen LogP contribution in [0.4, 0.5) is 0 Å². The van der Waals surface area contributed by atoms with E-state index in [0.717, 1.165) is 12.8 Å². The van der Waals surface area contributed by atoms with Gasteiger partial charge in [0.1, 0.15) is 0 Å². The lowest BCUT2D eigenvalue weighted by molar-refractivity contribution is -0.134. The maximum absolute atomic E-state index is 11.6. The number of carbonyl (C=O) groups is 1. The molecule has 0 fully saturated rings. The Kier molecular flexibility index (Phi) is 4.95. The minimum absolute atomic E-state index is 0.213. The van der Waals surface area contributed by atoms with Crippen LogP contribution in [0.5, 0.6) is 0 Å². The monoisotopic (exact) mass is 171 g/mol. The summed E-state index contributed by atoms with van der Waals surface area (Å²) >= 11 is 0. The molecule has 0 aliphatic heterocycles. The van der Waals surface area contributed by atoms with Crippen LogP contribution in [0.3, 0.4) is 0 Å². The van der Waals surface area contributed by atoms with Crippen molar-refractivity contribution in [2.24, 2.45) is 11.8 Å². The van der Waals surface area contributed by atoms with E-state index in [1.807, 2.05) is 14.1 Å². The number of carbonyl (C=O) groups excluding carboxylic acids is 1. The van der Waals surface area contributed by atoms with Gasteiger partial charge < -0.3 is 4.90 Å². The van der Waals surface area contributed by atoms with Crippen molar-refractivity contribution < 1.29 is 4.79 Å². The van der Waals surface area contributed by atoms with Crippen molar-refractivity contribution in [2.45, 2.75) is 33.6 Å². The molecule has 0 saturated heterocycles. The maximum atomic E-state index is 11.6. The van der Waals surface area contributed by atoms with E-state index in [1.54, 1.807) is 4.90 Å². The third kappa shape index (κ3) is 2.84. The Hall–Kier alpha value is -0.530. The predicted octanol–water partition coefficient (Wildman–Crippen LogP) is 2.15. The maximum Gasteiger partial charge on any atom is 0.225 e. The van der Waals surface area contributed by atoms with Crippen LogP contribution in [0.2, 0.25) is 0 Å². The van der Waals surface area contributed by atoms with Gasteiger partial charge in [0.25, 0.3) is 0 Å². The van der Waals surface area contributed by atoms with Crippen molar-refractivity contribution >= 4 is 5.91 Å². The molecule has 0 aromatic rings. The van der Waals surface area contributed by atoms with Crippen LogP contribution in [-0.2, 0) is 4.79 Å². The van der Waals surface area contributed by atoms with E-state index in [1.165, 1.54) is 0 Å². The number of hydrogen-bond donors (Lipinski definition) is 0. The zero-order valence-electron chi connectivity index (χ0n) is 8.92. The summed E-state index contributed by atoms with van der Waals surface area (Å²) in [5, 5.41) is 0. The van der Waals surface area contributed by atoms with Gasteiger partial charge in [-0.1, -0.05) is 27.2 Å². The summed E-state index contributed by atoms with van der Waals surface area (Å²) in [5.74, 6) is 0.988. The van der Waals surface area contributed by atoms with Crippen LogP contribution in [0.25, 0.3) is 0 Å². The lowest BCUT2D eigenvalue weighted by atomic mass is 9.88. The Morgan fingerprint density at radius 2 is 1.75 bits per heavy atom. The first-order chi connectivity index (χ1) is 5.54. The molecule has 2 unspecified atom stereocenters. The van der Waals surface area contributed by atoms with E-state index in [9.17, 15) is 4.79 Å². The quantitative estimate of drug-likeness (QED) is 0.634. The van der Waals surface area contributed by atoms with Crippen molar-refractivity contribution in [1.29, 1.82) is 0 Å². The fourth-order valence-electron chi connectivity index (χ4n) is 1.44. The smallest absolute Gasteiger partial charge is 0.225 e. The second kappa shape index (κ2) is 5.18. The minimum atomic E-state index is 0.213. The second-order valence-electron chi connectivity index (χ2n) is 3.63. The number of rotatable bonds is 4. The van der Waals surface area contributed by atoms with Gasteiger partial charge in [0.2, 0.25) is 5.91 Å². The molecule has 0 spiro atoms. The van der Waals surface area contributed by atoms with Crippen LogP contribution in [0.1, 0.15) is 33.6 Å². The van der Waals surface area contributed by atoms with E-state index >= 15 is 0 Å². The molecule has 1 amide bonds. The van der Waals surface area contributed by atoms with Crippen molar-refractivity contribution in [3.63, 3.8) is 0 Å². The average Bonchev–Trinajstić information content (AvgIpc) is 2.05. The van der Waals surface area contributed by atoms with Gasteiger partial charge in [0, 0.05) is 20.0 Å². The highest BCUT2D eigenvalue weighted by molar-refractivity contribution is 5.78. The Morgan fingerprint density at radius 1 is 1.25 bits per heavy atom. The van der Waals surface area contributed by atoms with Crippen molar-refractivity contribution in [3.05, 3.63) is 0 Å². The summed E-state index contributed by atoms with van der Waals surface area (Å²) in [6, 6.07) is 0. The van der Waals surface area contributed by atoms with Crippen molar-refractivity contribution in [3.8, 4) is 0 Å². The molecule has 2 heteroatoms. The Bertz CT molecular complexity index is 143. The van der Waals surface area contributed by atoms with Gasteiger partial charge in [-0.05, 0) is 12.3 Å². The third-order valence-corrected chi connectivity index (χ3v) is 2.53. The highest BCUT2D eigenvalue weighted by Crippen LogP contribution is 2.20. The minimum Gasteiger partial charge on any atom is -0.349 e. The van der Waals surface area contributed by atoms with Crippen molar-refractivity contribution in [2.75, 3.05) is 14.1 Å². The summed E-state index contributed by atoms with van der Waals surface area (Å²) in [6.07, 6.45) is 2.03. The Labute approximate surface area is 75.9 Å². The molecule has 2 nitrogen and oxygen atoms in total. The number of hydrogen-bond acceptors (Lipinski definition) is 1. The van der Waals surface area contributed by atoms with Gasteiger partial charge in [-0.25, -0.2) is 0 Å². The summed E-state index contributed by atoms with van der Waals surface area (Å²) < 4.78 is 0. The SMILES string of the molecule is CCC(C)C(CC)C(=O)N(C)C. The molecule has 0 aliphatic rings. The molecule has 2 atom stereocenters. The molecule has 0 N–H and O–H groups in total. The fraction of sp³-hybridized carbons (Fsp3) is 0.900. The lowest BCUT2D eigenvalue weighted by Gasteiger charge is -2.23. The van der Waals surface area contributed by atoms with Crippen molar-refractivity contribution in [1.82, 2.24) is 4.90 Å². The highest BCUT2D eigenvalue weighted by atomic mass is 16.2. The van der Waals surface area contributed by atoms with E-state index < -0.39 is 0 Å². The van der Waals surface area contributed by atoms with Gasteiger partial charge >= 0.3 is 0 Å². The molecular weight excluding hydrogens is 150 g/mol. The summed E-state index contributed by atoms with van der Waals surface area (Å²) in [7, 11) is 3.65. The highest BCUT2D eigenvalue weighted by Gasteiger charge is 2.22. The topological polar surface area (TPSA) is 20.3 Å². The van der Waals surface area contributed by atoms with Crippen LogP contribution in [0.15, 0.2) is 0 Å². The zero-order chi connectivity index (χ0) is 9.72. The number of amides is 1. The van der Waals surface area contributed by atoms with E-state index in [-0.39, 0.29) is 11.8 Å². The van der Waals surface area contributed by atoms with Crippen LogP contribution >= 0.6 is 0 Å². The van der Waals surface area contributed by atoms with Gasteiger partial charge in [-0.2, -0.15) is 0 Å². The third-order valence-electron chi connectivity index (χ3n) is 2.53. The van der Waals surface area contributed by atoms with Crippen LogP contribution in [0, 0.1) is 11.8 Å². The lowest BCUT2D eigenvalue weighted by Crippen LogP contribution is -2.32. The zero-order valence-corrected chi connectivity index (χ0v) is 8.92. The first-order valence-corrected chi connectivity index (χ1v) is 4.75. The summed E-state index contributed by atoms with van der Waals surface area (Å²) in [4.78, 5) is 13.3. The predicted molar refractivity (Wildman–Crippen MR) is 51.9 cm³/mol. The largest absolute Gasteiger partial charge is 0.349 e. The molecule has 0 aromatic heterocycles. The molecule has 12 heavy (non-hydrogen) atoms. The van der Waals surface area contributed by atoms with E-state index in [2.05, 4.69) is 20.8 Å². The van der Waals surface area contributed by atoms with Crippen LogP contribution in [-0.4, -0.2) is 24.9 Å². The second-order valence-corrected chi connectivity index (χ2v) is 3.63. The summed E-state index contributed by atoms with van der Waals surface area (Å²) in [6.45, 7) is 6.37. The molecule has 0 aliphatic carbocycles. The summed E-state index contributed by atoms with van der Waals surface area (Å²) in [5.41, 5.74) is 0. The Morgan fingerprint density at radius 3 is 2.00 bits per heavy atom. The molecule has 0 radical (unpaired) electrons. The van der Waals surface area contributed by atoms with Gasteiger partial charge in [0.15, 0.2) is 0 Å². The molecule has 72 valence electrons. The van der Waals surface area contributed by atoms with Gasteiger partial charge in [0.05, 0.1) is 0 Å². The Balaban J connectivity index is 4.24. The van der Waals surface area contributed by atoms with Gasteiger partial charge in [-0.15, -0.1) is 0 Å². The molecule has 0 heterocycles. The van der Waals surface area contributed by atoms with E-state index in [0.29, 0.717) is 5.92 Å². The van der Waals surface area contributed by atoms with E-state index in [4.69, 9.17) is 0 Å². The molecule has 0 aromatic carbocycles. The van der Waals surface area contributed by atoms with Gasteiger partial charge in [-0.3, -0.25) is 4.79 Å². The van der Waals surface area contributed by atoms with Crippen LogP contribution < -0.4 is 0 Å². The molecule has 0 saturated carbocycles. The molecule has 0 bridgehead atoms. The molecule has 0 rings (SSSR count). The average molecular weight is 171 g/mol.